The number of alkyl halides is 3. The van der Waals surface area contributed by atoms with Crippen molar-refractivity contribution < 1.29 is 35.9 Å². The standard InChI is InChI=1S/C17H16F6O2.C2H6/c1-2-3-9-4-5-11(12(18)6-9)10-7-13(19)15(14(20)8-10)25-16(24)17(21,22)23;1-2/h7-9H,2-6H2,1H3;1-2H3. The van der Waals surface area contributed by atoms with Gasteiger partial charge < -0.3 is 4.74 Å². The fourth-order valence-electron chi connectivity index (χ4n) is 2.90. The van der Waals surface area contributed by atoms with Crippen LogP contribution in [0.1, 0.15) is 58.4 Å². The monoisotopic (exact) mass is 396 g/mol. The minimum atomic E-state index is -5.39. The number of hydrogen-bond acceptors (Lipinski definition) is 2. The second-order valence-electron chi connectivity index (χ2n) is 5.94. The predicted octanol–water partition coefficient (Wildman–Crippen LogP) is 6.74. The van der Waals surface area contributed by atoms with Crippen LogP contribution in [0.2, 0.25) is 0 Å². The van der Waals surface area contributed by atoms with E-state index in [2.05, 4.69) is 4.74 Å². The minimum absolute atomic E-state index is 0.103. The molecule has 0 N–H and O–H groups in total. The minimum Gasteiger partial charge on any atom is -0.414 e. The molecule has 0 spiro atoms. The van der Waals surface area contributed by atoms with E-state index in [0.29, 0.717) is 18.6 Å². The quantitative estimate of drug-likeness (QED) is 0.320. The Hall–Kier alpha value is -1.99. The van der Waals surface area contributed by atoms with Gasteiger partial charge in [-0.15, -0.1) is 0 Å². The highest BCUT2D eigenvalue weighted by molar-refractivity contribution is 5.78. The first-order chi connectivity index (χ1) is 12.6. The molecule has 8 heteroatoms. The summed E-state index contributed by atoms with van der Waals surface area (Å²) in [4.78, 5) is 10.7. The summed E-state index contributed by atoms with van der Waals surface area (Å²) < 4.78 is 82.2. The number of carbonyl (C=O) groups excluding carboxylic acids is 1. The third kappa shape index (κ3) is 6.01. The van der Waals surface area contributed by atoms with Gasteiger partial charge in [0.1, 0.15) is 5.83 Å². The van der Waals surface area contributed by atoms with Gasteiger partial charge in [0.25, 0.3) is 0 Å². The van der Waals surface area contributed by atoms with Crippen LogP contribution in [-0.2, 0) is 4.79 Å². The molecule has 2 rings (SSSR count). The van der Waals surface area contributed by atoms with Crippen LogP contribution in [0.4, 0.5) is 26.3 Å². The van der Waals surface area contributed by atoms with Gasteiger partial charge in [0.2, 0.25) is 5.75 Å². The Kier molecular flexibility index (Phi) is 8.37. The molecule has 27 heavy (non-hydrogen) atoms. The topological polar surface area (TPSA) is 26.3 Å². The first-order valence-electron chi connectivity index (χ1n) is 8.79. The lowest BCUT2D eigenvalue weighted by Crippen LogP contribution is -2.28. The first-order valence-corrected chi connectivity index (χ1v) is 8.79. The highest BCUT2D eigenvalue weighted by atomic mass is 19.4. The van der Waals surface area contributed by atoms with Crippen LogP contribution in [-0.4, -0.2) is 12.1 Å². The van der Waals surface area contributed by atoms with E-state index in [0.717, 1.165) is 12.8 Å². The largest absolute Gasteiger partial charge is 0.491 e. The van der Waals surface area contributed by atoms with E-state index in [1.165, 1.54) is 0 Å². The lowest BCUT2D eigenvalue weighted by atomic mass is 9.83. The number of hydrogen-bond donors (Lipinski definition) is 0. The van der Waals surface area contributed by atoms with Gasteiger partial charge in [-0.3, -0.25) is 0 Å². The van der Waals surface area contributed by atoms with Crippen LogP contribution in [0.3, 0.4) is 0 Å². The van der Waals surface area contributed by atoms with Crippen LogP contribution in [0, 0.1) is 17.6 Å². The number of ether oxygens (including phenoxy) is 1. The number of halogens is 6. The summed E-state index contributed by atoms with van der Waals surface area (Å²) in [5.41, 5.74) is 0.0214. The molecule has 0 aromatic heterocycles. The van der Waals surface area contributed by atoms with E-state index in [4.69, 9.17) is 0 Å². The fraction of sp³-hybridized carbons (Fsp3) is 0.526. The molecule has 2 nitrogen and oxygen atoms in total. The molecule has 0 heterocycles. The third-order valence-corrected chi connectivity index (χ3v) is 4.07. The lowest BCUT2D eigenvalue weighted by molar-refractivity contribution is -0.190. The maximum Gasteiger partial charge on any atom is 0.491 e. The van der Waals surface area contributed by atoms with Crippen molar-refractivity contribution in [3.05, 3.63) is 35.2 Å². The molecule has 152 valence electrons. The van der Waals surface area contributed by atoms with Gasteiger partial charge in [0.05, 0.1) is 0 Å². The van der Waals surface area contributed by atoms with Crippen molar-refractivity contribution >= 4 is 11.5 Å². The number of allylic oxidation sites excluding steroid dienone is 2. The molecule has 0 saturated heterocycles. The van der Waals surface area contributed by atoms with Gasteiger partial charge in [-0.25, -0.2) is 18.0 Å². The molecule has 1 aromatic rings. The van der Waals surface area contributed by atoms with Crippen molar-refractivity contribution in [2.24, 2.45) is 5.92 Å². The number of esters is 1. The molecule has 0 bridgehead atoms. The van der Waals surface area contributed by atoms with Gasteiger partial charge in [0.15, 0.2) is 11.6 Å². The van der Waals surface area contributed by atoms with Crippen LogP contribution < -0.4 is 4.74 Å². The summed E-state index contributed by atoms with van der Waals surface area (Å²) in [7, 11) is 0. The maximum absolute atomic E-state index is 14.2. The zero-order valence-electron chi connectivity index (χ0n) is 15.4. The Morgan fingerprint density at radius 1 is 1.15 bits per heavy atom. The fourth-order valence-corrected chi connectivity index (χ4v) is 2.90. The summed E-state index contributed by atoms with van der Waals surface area (Å²) in [6.07, 6.45) is -2.55. The second kappa shape index (κ2) is 9.80. The Balaban J connectivity index is 0.00000176. The molecule has 1 atom stereocenters. The van der Waals surface area contributed by atoms with E-state index in [1.807, 2.05) is 20.8 Å². The number of rotatable bonds is 4. The zero-order valence-corrected chi connectivity index (χ0v) is 15.4. The molecule has 0 radical (unpaired) electrons. The predicted molar refractivity (Wildman–Crippen MR) is 89.7 cm³/mol. The summed E-state index contributed by atoms with van der Waals surface area (Å²) >= 11 is 0. The van der Waals surface area contributed by atoms with E-state index < -0.39 is 35.4 Å². The van der Waals surface area contributed by atoms with Crippen molar-refractivity contribution in [1.29, 1.82) is 0 Å². The second-order valence-corrected chi connectivity index (χ2v) is 5.94. The lowest BCUT2D eigenvalue weighted by Gasteiger charge is -2.23. The maximum atomic E-state index is 14.2. The van der Waals surface area contributed by atoms with Crippen LogP contribution in [0.15, 0.2) is 18.0 Å². The van der Waals surface area contributed by atoms with Gasteiger partial charge in [-0.2, -0.15) is 13.2 Å². The van der Waals surface area contributed by atoms with Gasteiger partial charge in [0, 0.05) is 6.42 Å². The smallest absolute Gasteiger partial charge is 0.414 e. The molecule has 0 aliphatic heterocycles. The zero-order chi connectivity index (χ0) is 20.8. The molecule has 0 fully saturated rings. The van der Waals surface area contributed by atoms with Crippen molar-refractivity contribution in [2.45, 2.75) is 59.1 Å². The Bertz CT molecular complexity index is 671. The van der Waals surface area contributed by atoms with Crippen LogP contribution in [0.5, 0.6) is 5.75 Å². The Labute approximate surface area is 154 Å². The average Bonchev–Trinajstić information content (AvgIpc) is 2.59. The van der Waals surface area contributed by atoms with Crippen LogP contribution >= 0.6 is 0 Å². The molecular formula is C19H22F6O2. The van der Waals surface area contributed by atoms with E-state index in [1.54, 1.807) is 0 Å². The number of benzene rings is 1. The van der Waals surface area contributed by atoms with Crippen molar-refractivity contribution in [1.82, 2.24) is 0 Å². The van der Waals surface area contributed by atoms with E-state index in [9.17, 15) is 31.1 Å². The van der Waals surface area contributed by atoms with Gasteiger partial charge >= 0.3 is 12.1 Å². The Morgan fingerprint density at radius 3 is 2.15 bits per heavy atom. The SMILES string of the molecule is CC.CCCC1CCC(c2cc(F)c(OC(=O)C(F)(F)F)c(F)c2)=C(F)C1. The average molecular weight is 396 g/mol. The van der Waals surface area contributed by atoms with Gasteiger partial charge in [-0.1, -0.05) is 33.6 Å². The van der Waals surface area contributed by atoms with Crippen molar-refractivity contribution in [3.8, 4) is 5.75 Å². The highest BCUT2D eigenvalue weighted by Crippen LogP contribution is 2.39. The number of carbonyl (C=O) groups is 1. The summed E-state index contributed by atoms with van der Waals surface area (Å²) in [6.45, 7) is 5.98. The van der Waals surface area contributed by atoms with E-state index in [-0.39, 0.29) is 29.9 Å². The molecular weight excluding hydrogens is 374 g/mol. The third-order valence-electron chi connectivity index (χ3n) is 4.07. The molecule has 1 aliphatic rings. The molecule has 1 unspecified atom stereocenters. The summed E-state index contributed by atoms with van der Waals surface area (Å²) in [5, 5.41) is 0. The van der Waals surface area contributed by atoms with E-state index >= 15 is 0 Å². The summed E-state index contributed by atoms with van der Waals surface area (Å²) in [6, 6.07) is 1.36. The molecule has 1 aliphatic carbocycles. The summed E-state index contributed by atoms with van der Waals surface area (Å²) in [5.74, 6) is -7.50. The van der Waals surface area contributed by atoms with Crippen LogP contribution in [0.25, 0.3) is 5.57 Å². The normalized spacial score (nSPS) is 17.3. The van der Waals surface area contributed by atoms with Crippen molar-refractivity contribution in [2.75, 3.05) is 0 Å². The Morgan fingerprint density at radius 2 is 1.70 bits per heavy atom. The highest BCUT2D eigenvalue weighted by Gasteiger charge is 2.42. The first kappa shape index (κ1) is 23.0. The molecule has 0 saturated carbocycles. The molecule has 1 aromatic carbocycles. The molecule has 0 amide bonds. The van der Waals surface area contributed by atoms with Crippen molar-refractivity contribution in [3.63, 3.8) is 0 Å². The van der Waals surface area contributed by atoms with Gasteiger partial charge in [-0.05, 0) is 42.0 Å².